The molecule has 1 nitrogen and oxygen atoms in total. The van der Waals surface area contributed by atoms with Crippen molar-refractivity contribution >= 4 is 23.1 Å². The van der Waals surface area contributed by atoms with E-state index in [0.717, 1.165) is 29.5 Å². The lowest BCUT2D eigenvalue weighted by molar-refractivity contribution is 0.588. The van der Waals surface area contributed by atoms with E-state index in [1.807, 2.05) is 29.4 Å². The maximum atomic E-state index is 14.0. The molecule has 0 heterocycles. The first-order valence-electron chi connectivity index (χ1n) is 8.39. The van der Waals surface area contributed by atoms with Gasteiger partial charge in [-0.3, -0.25) is 0 Å². The molecule has 0 radical (unpaired) electrons. The van der Waals surface area contributed by atoms with E-state index in [1.165, 1.54) is 17.7 Å². The molecule has 130 valence electrons. The van der Waals surface area contributed by atoms with Gasteiger partial charge in [-0.1, -0.05) is 61.9 Å². The van der Waals surface area contributed by atoms with Crippen molar-refractivity contribution in [3.63, 3.8) is 0 Å². The number of hydrogen-bond acceptors (Lipinski definition) is 2. The van der Waals surface area contributed by atoms with E-state index in [4.69, 9.17) is 0 Å². The molecule has 26 heavy (non-hydrogen) atoms. The molecule has 0 fully saturated rings. The number of aryl methyl sites for hydroxylation is 1. The van der Waals surface area contributed by atoms with Gasteiger partial charge in [-0.15, -0.1) is 0 Å². The van der Waals surface area contributed by atoms with Gasteiger partial charge in [0.2, 0.25) is 0 Å². The zero-order chi connectivity index (χ0) is 18.5. The van der Waals surface area contributed by atoms with Gasteiger partial charge in [0.1, 0.15) is 5.69 Å². The number of benzene rings is 3. The van der Waals surface area contributed by atoms with E-state index in [1.54, 1.807) is 0 Å². The summed E-state index contributed by atoms with van der Waals surface area (Å²) in [5.41, 5.74) is 4.25. The standard InChI is InChI=1S/C22H17F2NS/c1-2-3-15-4-6-16(7-5-15)17-8-10-18(11-9-17)19-12-20(23)22(25-14-26)21(24)13-19/h4-13H,2-3H2,1H3. The van der Waals surface area contributed by atoms with Crippen LogP contribution in [0.15, 0.2) is 65.7 Å². The lowest BCUT2D eigenvalue weighted by Gasteiger charge is -2.07. The van der Waals surface area contributed by atoms with Crippen molar-refractivity contribution in [2.45, 2.75) is 19.8 Å². The van der Waals surface area contributed by atoms with E-state index in [0.29, 0.717) is 5.56 Å². The maximum absolute atomic E-state index is 14.0. The van der Waals surface area contributed by atoms with Gasteiger partial charge >= 0.3 is 0 Å². The minimum absolute atomic E-state index is 0.410. The van der Waals surface area contributed by atoms with E-state index in [9.17, 15) is 8.78 Å². The highest BCUT2D eigenvalue weighted by molar-refractivity contribution is 7.78. The van der Waals surface area contributed by atoms with Crippen molar-refractivity contribution in [1.82, 2.24) is 0 Å². The van der Waals surface area contributed by atoms with Crippen LogP contribution in [0.4, 0.5) is 14.5 Å². The molecule has 0 aliphatic rings. The van der Waals surface area contributed by atoms with Crippen molar-refractivity contribution in [2.75, 3.05) is 0 Å². The third-order valence-electron chi connectivity index (χ3n) is 4.22. The normalized spacial score (nSPS) is 10.4. The first-order chi connectivity index (χ1) is 12.6. The van der Waals surface area contributed by atoms with Crippen LogP contribution < -0.4 is 0 Å². The molecule has 0 N–H and O–H groups in total. The van der Waals surface area contributed by atoms with E-state index >= 15 is 0 Å². The Morgan fingerprint density at radius 1 is 0.808 bits per heavy atom. The highest BCUT2D eigenvalue weighted by Gasteiger charge is 2.11. The lowest BCUT2D eigenvalue weighted by atomic mass is 9.98. The second kappa shape index (κ2) is 8.13. The van der Waals surface area contributed by atoms with Crippen molar-refractivity contribution in [1.29, 1.82) is 0 Å². The van der Waals surface area contributed by atoms with Crippen LogP contribution in [0, 0.1) is 11.6 Å². The molecule has 0 saturated heterocycles. The fourth-order valence-electron chi connectivity index (χ4n) is 2.89. The summed E-state index contributed by atoms with van der Waals surface area (Å²) >= 11 is 4.41. The zero-order valence-corrected chi connectivity index (χ0v) is 15.1. The summed E-state index contributed by atoms with van der Waals surface area (Å²) in [6, 6.07) is 18.6. The molecule has 0 aromatic heterocycles. The lowest BCUT2D eigenvalue weighted by Crippen LogP contribution is -1.87. The van der Waals surface area contributed by atoms with Gasteiger partial charge in [-0.2, -0.15) is 4.99 Å². The van der Waals surface area contributed by atoms with Crippen LogP contribution in [0.25, 0.3) is 22.3 Å². The Labute approximate surface area is 157 Å². The first kappa shape index (κ1) is 18.1. The molecule has 3 aromatic rings. The average Bonchev–Trinajstić information content (AvgIpc) is 2.66. The number of aliphatic imine (C=N–C) groups is 1. The summed E-state index contributed by atoms with van der Waals surface area (Å²) in [6.45, 7) is 2.16. The summed E-state index contributed by atoms with van der Waals surface area (Å²) in [7, 11) is 0. The quantitative estimate of drug-likeness (QED) is 0.351. The van der Waals surface area contributed by atoms with Crippen molar-refractivity contribution in [3.8, 4) is 22.3 Å². The van der Waals surface area contributed by atoms with Crippen LogP contribution in [-0.4, -0.2) is 5.16 Å². The third kappa shape index (κ3) is 3.93. The van der Waals surface area contributed by atoms with E-state index in [2.05, 4.69) is 48.4 Å². The fourth-order valence-corrected chi connectivity index (χ4v) is 2.98. The molecule has 0 atom stereocenters. The topological polar surface area (TPSA) is 12.4 Å². The molecule has 0 aliphatic carbocycles. The Morgan fingerprint density at radius 2 is 1.27 bits per heavy atom. The number of isothiocyanates is 1. The minimum atomic E-state index is -0.757. The number of hydrogen-bond donors (Lipinski definition) is 0. The van der Waals surface area contributed by atoms with Crippen LogP contribution in [0.2, 0.25) is 0 Å². The number of halogens is 2. The zero-order valence-electron chi connectivity index (χ0n) is 14.3. The van der Waals surface area contributed by atoms with E-state index in [-0.39, 0.29) is 0 Å². The molecule has 0 bridgehead atoms. The molecule has 0 amide bonds. The molecule has 0 saturated carbocycles. The molecule has 3 aromatic carbocycles. The minimum Gasteiger partial charge on any atom is -0.204 e. The summed E-state index contributed by atoms with van der Waals surface area (Å²) in [5.74, 6) is -1.51. The maximum Gasteiger partial charge on any atom is 0.153 e. The van der Waals surface area contributed by atoms with Gasteiger partial charge < -0.3 is 0 Å². The smallest absolute Gasteiger partial charge is 0.153 e. The average molecular weight is 365 g/mol. The SMILES string of the molecule is CCCc1ccc(-c2ccc(-c3cc(F)c(N=C=S)c(F)c3)cc2)cc1. The van der Waals surface area contributed by atoms with Crippen LogP contribution in [0.5, 0.6) is 0 Å². The predicted molar refractivity (Wildman–Crippen MR) is 106 cm³/mol. The third-order valence-corrected chi connectivity index (χ3v) is 4.31. The Hall–Kier alpha value is -2.68. The Bertz CT molecular complexity index is 933. The highest BCUT2D eigenvalue weighted by Crippen LogP contribution is 2.30. The van der Waals surface area contributed by atoms with Crippen molar-refractivity contribution < 1.29 is 8.78 Å². The van der Waals surface area contributed by atoms with Crippen LogP contribution in [0.3, 0.4) is 0 Å². The summed E-state index contributed by atoms with van der Waals surface area (Å²) < 4.78 is 28.0. The highest BCUT2D eigenvalue weighted by atomic mass is 32.1. The molecule has 0 aliphatic heterocycles. The predicted octanol–water partition coefficient (Wildman–Crippen LogP) is 6.99. The van der Waals surface area contributed by atoms with E-state index < -0.39 is 17.3 Å². The summed E-state index contributed by atoms with van der Waals surface area (Å²) in [5, 5.41) is 1.99. The van der Waals surface area contributed by atoms with Gasteiger partial charge in [0.15, 0.2) is 11.6 Å². The molecule has 4 heteroatoms. The number of nitrogens with zero attached hydrogens (tertiary/aromatic N) is 1. The van der Waals surface area contributed by atoms with Crippen LogP contribution >= 0.6 is 12.2 Å². The second-order valence-corrected chi connectivity index (χ2v) is 6.20. The largest absolute Gasteiger partial charge is 0.204 e. The van der Waals surface area contributed by atoms with Gasteiger partial charge in [-0.25, -0.2) is 8.78 Å². The monoisotopic (exact) mass is 365 g/mol. The number of rotatable bonds is 5. The fraction of sp³-hybridized carbons (Fsp3) is 0.136. The van der Waals surface area contributed by atoms with Crippen LogP contribution in [0.1, 0.15) is 18.9 Å². The summed E-state index contributed by atoms with van der Waals surface area (Å²) in [4.78, 5) is 3.43. The molecule has 0 unspecified atom stereocenters. The molecule has 0 spiro atoms. The van der Waals surface area contributed by atoms with Crippen molar-refractivity contribution in [2.24, 2.45) is 4.99 Å². The Morgan fingerprint density at radius 3 is 1.73 bits per heavy atom. The first-order valence-corrected chi connectivity index (χ1v) is 8.80. The van der Waals surface area contributed by atoms with Gasteiger partial charge in [0.05, 0.1) is 5.16 Å². The second-order valence-electron chi connectivity index (χ2n) is 6.02. The molecular formula is C22H17F2NS. The number of thiocarbonyl (C=S) groups is 1. The molecular weight excluding hydrogens is 348 g/mol. The Balaban J connectivity index is 1.89. The molecule has 3 rings (SSSR count). The van der Waals surface area contributed by atoms with Crippen molar-refractivity contribution in [3.05, 3.63) is 77.9 Å². The van der Waals surface area contributed by atoms with Gasteiger partial charge in [0.25, 0.3) is 0 Å². The van der Waals surface area contributed by atoms with Crippen LogP contribution in [-0.2, 0) is 6.42 Å². The van der Waals surface area contributed by atoms with Gasteiger partial charge in [0, 0.05) is 0 Å². The van der Waals surface area contributed by atoms with Gasteiger partial charge in [-0.05, 0) is 58.6 Å². The summed E-state index contributed by atoms with van der Waals surface area (Å²) in [6.07, 6.45) is 2.19. The Kier molecular flexibility index (Phi) is 5.67.